The molecule has 3 rings (SSSR count). The number of aromatic nitrogens is 3. The van der Waals surface area contributed by atoms with Gasteiger partial charge in [-0.2, -0.15) is 0 Å². The van der Waals surface area contributed by atoms with Gasteiger partial charge in [-0.1, -0.05) is 75.0 Å². The standard InChI is InChI=1S/C23H28N6O3S/c1-15(30)25-21(31)26-20(16-8-6-5-7-9-16)33-22-28-27-19(29(22)24)14-32-18-12-10-17(11-13-18)23(2,3)4/h5-13,20H,14,24H2,1-4H3,(H2,25,26,30,31). The van der Waals surface area contributed by atoms with Gasteiger partial charge >= 0.3 is 6.03 Å². The lowest BCUT2D eigenvalue weighted by Gasteiger charge is -2.19. The van der Waals surface area contributed by atoms with Gasteiger partial charge in [0, 0.05) is 6.92 Å². The van der Waals surface area contributed by atoms with E-state index in [1.165, 1.54) is 28.9 Å². The molecule has 0 aliphatic heterocycles. The van der Waals surface area contributed by atoms with E-state index in [-0.39, 0.29) is 12.0 Å². The Bertz CT molecular complexity index is 1090. The number of nitrogens with one attached hydrogen (secondary N) is 2. The number of amides is 3. The Morgan fingerprint density at radius 3 is 2.36 bits per heavy atom. The summed E-state index contributed by atoms with van der Waals surface area (Å²) in [6.07, 6.45) is 0. The van der Waals surface area contributed by atoms with Gasteiger partial charge in [-0.25, -0.2) is 9.47 Å². The van der Waals surface area contributed by atoms with Crippen LogP contribution in [-0.4, -0.2) is 26.8 Å². The van der Waals surface area contributed by atoms with E-state index < -0.39 is 17.3 Å². The second-order valence-electron chi connectivity index (χ2n) is 8.40. The minimum atomic E-state index is -0.616. The van der Waals surface area contributed by atoms with Crippen molar-refractivity contribution in [3.8, 4) is 5.75 Å². The van der Waals surface area contributed by atoms with Crippen LogP contribution in [0.15, 0.2) is 59.8 Å². The summed E-state index contributed by atoms with van der Waals surface area (Å²) in [6, 6.07) is 16.6. The van der Waals surface area contributed by atoms with Gasteiger partial charge in [0.15, 0.2) is 5.82 Å². The molecule has 3 amide bonds. The first-order valence-corrected chi connectivity index (χ1v) is 11.2. The second-order valence-corrected chi connectivity index (χ2v) is 9.47. The van der Waals surface area contributed by atoms with E-state index in [0.29, 0.717) is 16.7 Å². The molecule has 0 bridgehead atoms. The maximum absolute atomic E-state index is 12.1. The molecular weight excluding hydrogens is 440 g/mol. The molecule has 1 atom stereocenters. The highest BCUT2D eigenvalue weighted by Crippen LogP contribution is 2.32. The van der Waals surface area contributed by atoms with Gasteiger partial charge in [0.2, 0.25) is 11.1 Å². The van der Waals surface area contributed by atoms with Crippen molar-refractivity contribution in [2.24, 2.45) is 0 Å². The van der Waals surface area contributed by atoms with E-state index >= 15 is 0 Å². The number of carbonyl (C=O) groups is 2. The van der Waals surface area contributed by atoms with E-state index in [2.05, 4.69) is 41.6 Å². The van der Waals surface area contributed by atoms with Crippen LogP contribution in [-0.2, 0) is 16.8 Å². The first kappa shape index (κ1) is 24.1. The average molecular weight is 469 g/mol. The molecule has 9 nitrogen and oxygen atoms in total. The van der Waals surface area contributed by atoms with E-state index in [4.69, 9.17) is 10.6 Å². The molecule has 0 aliphatic carbocycles. The molecule has 0 radical (unpaired) electrons. The summed E-state index contributed by atoms with van der Waals surface area (Å²) < 4.78 is 7.15. The summed E-state index contributed by atoms with van der Waals surface area (Å²) in [7, 11) is 0. The molecule has 1 aromatic heterocycles. The summed E-state index contributed by atoms with van der Waals surface area (Å²) in [5, 5.41) is 13.1. The molecule has 4 N–H and O–H groups in total. The third-order valence-corrected chi connectivity index (χ3v) is 5.82. The number of hydrogen-bond donors (Lipinski definition) is 3. The Balaban J connectivity index is 1.69. The summed E-state index contributed by atoms with van der Waals surface area (Å²) in [4.78, 5) is 23.3. The van der Waals surface area contributed by atoms with Crippen LogP contribution in [0.3, 0.4) is 0 Å². The number of rotatable bonds is 7. The number of thioether (sulfide) groups is 1. The summed E-state index contributed by atoms with van der Waals surface area (Å²) in [5.41, 5.74) is 2.08. The van der Waals surface area contributed by atoms with Gasteiger partial charge in [-0.3, -0.25) is 10.1 Å². The molecule has 1 heterocycles. The maximum Gasteiger partial charge on any atom is 0.322 e. The second kappa shape index (κ2) is 10.4. The Morgan fingerprint density at radius 2 is 1.76 bits per heavy atom. The molecular formula is C23H28N6O3S. The van der Waals surface area contributed by atoms with Gasteiger partial charge in [0.05, 0.1) is 0 Å². The van der Waals surface area contributed by atoms with Crippen molar-refractivity contribution in [2.75, 3.05) is 5.84 Å². The van der Waals surface area contributed by atoms with E-state index in [9.17, 15) is 9.59 Å². The van der Waals surface area contributed by atoms with Crippen molar-refractivity contribution >= 4 is 23.7 Å². The number of nitrogens with zero attached hydrogens (tertiary/aromatic N) is 3. The molecule has 10 heteroatoms. The number of imide groups is 1. The zero-order valence-electron chi connectivity index (χ0n) is 19.0. The van der Waals surface area contributed by atoms with Crippen molar-refractivity contribution in [1.82, 2.24) is 25.5 Å². The highest BCUT2D eigenvalue weighted by molar-refractivity contribution is 7.99. The summed E-state index contributed by atoms with van der Waals surface area (Å²) in [6.45, 7) is 7.86. The SMILES string of the molecule is CC(=O)NC(=O)NC(Sc1nnc(COc2ccc(C(C)(C)C)cc2)n1N)c1ccccc1. The molecule has 3 aromatic rings. The topological polar surface area (TPSA) is 124 Å². The monoisotopic (exact) mass is 468 g/mol. The molecule has 0 saturated carbocycles. The Kier molecular flexibility index (Phi) is 7.59. The molecule has 2 aromatic carbocycles. The van der Waals surface area contributed by atoms with Crippen LogP contribution in [0.4, 0.5) is 4.79 Å². The van der Waals surface area contributed by atoms with Gasteiger partial charge < -0.3 is 15.9 Å². The number of benzene rings is 2. The Hall–Kier alpha value is -3.53. The van der Waals surface area contributed by atoms with E-state index in [0.717, 1.165) is 5.56 Å². The third kappa shape index (κ3) is 6.72. The van der Waals surface area contributed by atoms with E-state index in [1.54, 1.807) is 0 Å². The average Bonchev–Trinajstić information content (AvgIpc) is 3.11. The third-order valence-electron chi connectivity index (χ3n) is 4.70. The predicted octanol–water partition coefficient (Wildman–Crippen LogP) is 3.51. The van der Waals surface area contributed by atoms with Crippen molar-refractivity contribution in [1.29, 1.82) is 0 Å². The van der Waals surface area contributed by atoms with Crippen molar-refractivity contribution in [2.45, 2.75) is 50.2 Å². The number of urea groups is 1. The number of ether oxygens (including phenoxy) is 1. The first-order chi connectivity index (χ1) is 15.6. The molecule has 0 aliphatic rings. The van der Waals surface area contributed by atoms with Crippen LogP contribution < -0.4 is 21.2 Å². The lowest BCUT2D eigenvalue weighted by atomic mass is 9.87. The highest BCUT2D eigenvalue weighted by Gasteiger charge is 2.21. The minimum absolute atomic E-state index is 0.0622. The van der Waals surface area contributed by atoms with Crippen LogP contribution in [0.2, 0.25) is 0 Å². The largest absolute Gasteiger partial charge is 0.486 e. The Labute approximate surface area is 197 Å². The van der Waals surface area contributed by atoms with Gasteiger partial charge in [0.25, 0.3) is 0 Å². The highest BCUT2D eigenvalue weighted by atomic mass is 32.2. The molecule has 0 spiro atoms. The van der Waals surface area contributed by atoms with Gasteiger partial charge in [-0.15, -0.1) is 10.2 Å². The van der Waals surface area contributed by atoms with Gasteiger partial charge in [-0.05, 0) is 28.7 Å². The smallest absolute Gasteiger partial charge is 0.322 e. The number of nitrogens with two attached hydrogens (primary N) is 1. The van der Waals surface area contributed by atoms with Crippen LogP contribution in [0.25, 0.3) is 0 Å². The molecule has 0 fully saturated rings. The number of carbonyl (C=O) groups excluding carboxylic acids is 2. The normalized spacial score (nSPS) is 12.1. The van der Waals surface area contributed by atoms with Crippen molar-refractivity contribution < 1.29 is 14.3 Å². The zero-order chi connectivity index (χ0) is 24.0. The van der Waals surface area contributed by atoms with Crippen LogP contribution in [0.1, 0.15) is 50.0 Å². The molecule has 174 valence electrons. The predicted molar refractivity (Wildman–Crippen MR) is 127 cm³/mol. The fourth-order valence-electron chi connectivity index (χ4n) is 2.91. The maximum atomic E-state index is 12.1. The summed E-state index contributed by atoms with van der Waals surface area (Å²) in [5.74, 6) is 6.86. The quantitative estimate of drug-likeness (QED) is 0.275. The van der Waals surface area contributed by atoms with Crippen molar-refractivity contribution in [3.63, 3.8) is 0 Å². The number of hydrogen-bond acceptors (Lipinski definition) is 7. The fourth-order valence-corrected chi connectivity index (χ4v) is 3.89. The van der Waals surface area contributed by atoms with Crippen LogP contribution in [0, 0.1) is 0 Å². The first-order valence-electron chi connectivity index (χ1n) is 10.4. The molecule has 0 saturated heterocycles. The summed E-state index contributed by atoms with van der Waals surface area (Å²) >= 11 is 1.20. The fraction of sp³-hybridized carbons (Fsp3) is 0.304. The molecule has 1 unspecified atom stereocenters. The Morgan fingerprint density at radius 1 is 1.09 bits per heavy atom. The van der Waals surface area contributed by atoms with Crippen LogP contribution >= 0.6 is 11.8 Å². The lowest BCUT2D eigenvalue weighted by molar-refractivity contribution is -0.117. The number of nitrogen functional groups attached to an aromatic ring is 1. The zero-order valence-corrected chi connectivity index (χ0v) is 19.8. The van der Waals surface area contributed by atoms with Crippen LogP contribution in [0.5, 0.6) is 5.75 Å². The van der Waals surface area contributed by atoms with Crippen molar-refractivity contribution in [3.05, 3.63) is 71.5 Å². The molecule has 33 heavy (non-hydrogen) atoms. The lowest BCUT2D eigenvalue weighted by Crippen LogP contribution is -2.39. The minimum Gasteiger partial charge on any atom is -0.486 e. The van der Waals surface area contributed by atoms with E-state index in [1.807, 2.05) is 54.6 Å². The van der Waals surface area contributed by atoms with Gasteiger partial charge in [0.1, 0.15) is 17.7 Å².